The van der Waals surface area contributed by atoms with Crippen LogP contribution in [0, 0.1) is 0 Å². The Morgan fingerprint density at radius 2 is 2.00 bits per heavy atom. The molecule has 1 aromatic heterocycles. The number of oxazole rings is 1. The first-order valence-electron chi connectivity index (χ1n) is 6.09. The summed E-state index contributed by atoms with van der Waals surface area (Å²) in [5.74, 6) is 0.651. The van der Waals surface area contributed by atoms with Crippen LogP contribution in [0.2, 0.25) is 10.0 Å². The van der Waals surface area contributed by atoms with Gasteiger partial charge in [0.25, 0.3) is 0 Å². The van der Waals surface area contributed by atoms with Crippen molar-refractivity contribution in [3.8, 4) is 0 Å². The van der Waals surface area contributed by atoms with Crippen molar-refractivity contribution in [3.63, 3.8) is 0 Å². The number of aromatic nitrogens is 1. The van der Waals surface area contributed by atoms with Crippen molar-refractivity contribution in [3.05, 3.63) is 28.1 Å². The van der Waals surface area contributed by atoms with Crippen LogP contribution in [0.5, 0.6) is 0 Å². The Kier molecular flexibility index (Phi) is 3.00. The summed E-state index contributed by atoms with van der Waals surface area (Å²) < 4.78 is 5.70. The lowest BCUT2D eigenvalue weighted by Crippen LogP contribution is -2.38. The van der Waals surface area contributed by atoms with Crippen molar-refractivity contribution in [1.82, 2.24) is 4.98 Å². The molecule has 1 saturated carbocycles. The molecule has 5 heteroatoms. The zero-order chi connectivity index (χ0) is 12.8. The average molecular weight is 285 g/mol. The van der Waals surface area contributed by atoms with Gasteiger partial charge in [-0.2, -0.15) is 0 Å². The van der Waals surface area contributed by atoms with Gasteiger partial charge >= 0.3 is 0 Å². The lowest BCUT2D eigenvalue weighted by atomic mass is 9.95. The molecule has 96 valence electrons. The number of benzene rings is 1. The van der Waals surface area contributed by atoms with E-state index in [1.165, 1.54) is 12.8 Å². The van der Waals surface area contributed by atoms with E-state index in [4.69, 9.17) is 33.4 Å². The average Bonchev–Trinajstić information content (AvgIpc) is 2.85. The topological polar surface area (TPSA) is 52.0 Å². The van der Waals surface area contributed by atoms with Gasteiger partial charge in [-0.05, 0) is 25.0 Å². The maximum absolute atomic E-state index is 6.32. The van der Waals surface area contributed by atoms with Gasteiger partial charge in [0.05, 0.1) is 5.02 Å². The molecule has 0 spiro atoms. The monoisotopic (exact) mass is 284 g/mol. The van der Waals surface area contributed by atoms with Crippen LogP contribution in [0.1, 0.15) is 31.6 Å². The fourth-order valence-corrected chi connectivity index (χ4v) is 3.16. The molecule has 18 heavy (non-hydrogen) atoms. The predicted octanol–water partition coefficient (Wildman–Crippen LogP) is 3.95. The third-order valence-electron chi connectivity index (χ3n) is 3.56. The summed E-state index contributed by atoms with van der Waals surface area (Å²) >= 11 is 12.0. The normalized spacial score (nSPS) is 18.6. The van der Waals surface area contributed by atoms with Crippen molar-refractivity contribution >= 4 is 34.3 Å². The number of hydrogen-bond donors (Lipinski definition) is 1. The highest BCUT2D eigenvalue weighted by Crippen LogP contribution is 2.33. The van der Waals surface area contributed by atoms with Crippen molar-refractivity contribution in [2.45, 2.75) is 37.6 Å². The molecule has 3 nitrogen and oxygen atoms in total. The number of hydrogen-bond acceptors (Lipinski definition) is 3. The summed E-state index contributed by atoms with van der Waals surface area (Å²) in [6, 6.07) is 3.42. The molecular formula is C13H14Cl2N2O. The van der Waals surface area contributed by atoms with Gasteiger partial charge in [-0.1, -0.05) is 36.0 Å². The Balaban J connectivity index is 1.96. The summed E-state index contributed by atoms with van der Waals surface area (Å²) in [6.07, 6.45) is 5.09. The molecule has 0 bridgehead atoms. The molecule has 2 aromatic rings. The minimum atomic E-state index is -0.169. The number of nitrogens with zero attached hydrogens (tertiary/aromatic N) is 1. The van der Waals surface area contributed by atoms with Gasteiger partial charge in [-0.15, -0.1) is 0 Å². The van der Waals surface area contributed by atoms with Crippen molar-refractivity contribution in [2.75, 3.05) is 0 Å². The molecule has 1 aliphatic carbocycles. The van der Waals surface area contributed by atoms with E-state index in [1.807, 2.05) is 0 Å². The maximum Gasteiger partial charge on any atom is 0.197 e. The zero-order valence-electron chi connectivity index (χ0n) is 9.88. The fraction of sp³-hybridized carbons (Fsp3) is 0.462. The van der Waals surface area contributed by atoms with E-state index in [0.717, 1.165) is 12.8 Å². The third kappa shape index (κ3) is 2.22. The van der Waals surface area contributed by atoms with Crippen LogP contribution in [0.3, 0.4) is 0 Å². The van der Waals surface area contributed by atoms with E-state index in [9.17, 15) is 0 Å². The van der Waals surface area contributed by atoms with Crippen LogP contribution in [-0.4, -0.2) is 10.5 Å². The molecular weight excluding hydrogens is 271 g/mol. The van der Waals surface area contributed by atoms with Crippen molar-refractivity contribution in [2.24, 2.45) is 5.73 Å². The van der Waals surface area contributed by atoms with E-state index in [2.05, 4.69) is 4.98 Å². The lowest BCUT2D eigenvalue weighted by molar-refractivity contribution is 0.385. The van der Waals surface area contributed by atoms with Gasteiger partial charge in [0.1, 0.15) is 5.52 Å². The highest BCUT2D eigenvalue weighted by atomic mass is 35.5. The van der Waals surface area contributed by atoms with Gasteiger partial charge in [-0.3, -0.25) is 0 Å². The van der Waals surface area contributed by atoms with E-state index in [0.29, 0.717) is 33.5 Å². The molecule has 2 N–H and O–H groups in total. The van der Waals surface area contributed by atoms with Crippen LogP contribution in [0.15, 0.2) is 16.5 Å². The fourth-order valence-electron chi connectivity index (χ4n) is 2.64. The van der Waals surface area contributed by atoms with Gasteiger partial charge in [0, 0.05) is 17.0 Å². The second kappa shape index (κ2) is 4.41. The minimum absolute atomic E-state index is 0.169. The smallest absolute Gasteiger partial charge is 0.197 e. The number of rotatable bonds is 2. The SMILES string of the molecule is NC1(Cc2nc3cc(Cl)cc(Cl)c3o2)CCCC1. The van der Waals surface area contributed by atoms with Crippen molar-refractivity contribution in [1.29, 1.82) is 0 Å². The van der Waals surface area contributed by atoms with Crippen molar-refractivity contribution < 1.29 is 4.42 Å². The maximum atomic E-state index is 6.32. The zero-order valence-corrected chi connectivity index (χ0v) is 11.4. The highest BCUT2D eigenvalue weighted by molar-refractivity contribution is 6.37. The lowest BCUT2D eigenvalue weighted by Gasteiger charge is -2.20. The van der Waals surface area contributed by atoms with E-state index < -0.39 is 0 Å². The minimum Gasteiger partial charge on any atom is -0.439 e. The van der Waals surface area contributed by atoms with Crippen LogP contribution in [-0.2, 0) is 6.42 Å². The largest absolute Gasteiger partial charge is 0.439 e. The molecule has 0 aliphatic heterocycles. The molecule has 0 saturated heterocycles. The Morgan fingerprint density at radius 1 is 1.28 bits per heavy atom. The van der Waals surface area contributed by atoms with Crippen LogP contribution in [0.25, 0.3) is 11.1 Å². The first-order valence-corrected chi connectivity index (χ1v) is 6.85. The van der Waals surface area contributed by atoms with Crippen LogP contribution in [0.4, 0.5) is 0 Å². The second-order valence-electron chi connectivity index (χ2n) is 5.09. The van der Waals surface area contributed by atoms with E-state index in [-0.39, 0.29) is 5.54 Å². The Labute approximate surface area is 115 Å². The molecule has 1 aliphatic rings. The molecule has 0 amide bonds. The van der Waals surface area contributed by atoms with Gasteiger partial charge < -0.3 is 10.2 Å². The van der Waals surface area contributed by atoms with Gasteiger partial charge in [0.2, 0.25) is 0 Å². The molecule has 1 heterocycles. The first-order chi connectivity index (χ1) is 8.56. The summed E-state index contributed by atoms with van der Waals surface area (Å²) in [7, 11) is 0. The molecule has 3 rings (SSSR count). The quantitative estimate of drug-likeness (QED) is 0.909. The second-order valence-corrected chi connectivity index (χ2v) is 5.93. The van der Waals surface area contributed by atoms with E-state index >= 15 is 0 Å². The Morgan fingerprint density at radius 3 is 2.72 bits per heavy atom. The summed E-state index contributed by atoms with van der Waals surface area (Å²) in [5, 5.41) is 1.06. The standard InChI is InChI=1S/C13H14Cl2N2O/c14-8-5-9(15)12-10(6-8)17-11(18-12)7-13(16)3-1-2-4-13/h5-6H,1-4,7,16H2. The van der Waals surface area contributed by atoms with Crippen LogP contribution < -0.4 is 5.73 Å². The summed E-state index contributed by atoms with van der Waals surface area (Å²) in [6.45, 7) is 0. The van der Waals surface area contributed by atoms with Gasteiger partial charge in [-0.25, -0.2) is 4.98 Å². The number of fused-ring (bicyclic) bond motifs is 1. The Bertz CT molecular complexity index is 588. The molecule has 1 fully saturated rings. The number of halogens is 2. The summed E-state index contributed by atoms with van der Waals surface area (Å²) in [4.78, 5) is 4.43. The molecule has 1 aromatic carbocycles. The predicted molar refractivity (Wildman–Crippen MR) is 73.1 cm³/mol. The Hall–Kier alpha value is -0.770. The molecule has 0 unspecified atom stereocenters. The third-order valence-corrected chi connectivity index (χ3v) is 4.06. The number of nitrogens with two attached hydrogens (primary N) is 1. The first kappa shape index (κ1) is 12.3. The molecule has 0 radical (unpaired) electrons. The molecule has 0 atom stereocenters. The van der Waals surface area contributed by atoms with Gasteiger partial charge in [0.15, 0.2) is 11.5 Å². The van der Waals surface area contributed by atoms with Crippen LogP contribution >= 0.6 is 23.2 Å². The highest BCUT2D eigenvalue weighted by Gasteiger charge is 2.31. The summed E-state index contributed by atoms with van der Waals surface area (Å²) in [5.41, 5.74) is 7.45. The van der Waals surface area contributed by atoms with E-state index in [1.54, 1.807) is 12.1 Å².